The molecule has 1 aliphatic heterocycles. The number of aliphatic hydroxyl groups is 1. The van der Waals surface area contributed by atoms with E-state index in [2.05, 4.69) is 0 Å². The first kappa shape index (κ1) is 26.2. The molecule has 8 nitrogen and oxygen atoms in total. The number of rotatable bonds is 6. The maximum Gasteiger partial charge on any atom is 0.253 e. The Labute approximate surface area is 202 Å². The van der Waals surface area contributed by atoms with E-state index in [0.717, 1.165) is 11.1 Å². The highest BCUT2D eigenvalue weighted by Gasteiger charge is 2.38. The van der Waals surface area contributed by atoms with Crippen LogP contribution >= 0.6 is 0 Å². The van der Waals surface area contributed by atoms with Crippen LogP contribution in [0.5, 0.6) is 5.75 Å². The molecule has 0 radical (unpaired) electrons. The van der Waals surface area contributed by atoms with Crippen molar-refractivity contribution < 1.29 is 23.1 Å². The first-order valence-corrected chi connectivity index (χ1v) is 12.8. The molecule has 34 heavy (non-hydrogen) atoms. The molecule has 0 saturated heterocycles. The fraction of sp³-hybridized carbons (Fsp3) is 0.480. The number of ether oxygens (including phenoxy) is 1. The summed E-state index contributed by atoms with van der Waals surface area (Å²) in [7, 11) is 3.40. The quantitative estimate of drug-likeness (QED) is 0.670. The van der Waals surface area contributed by atoms with Gasteiger partial charge in [-0.1, -0.05) is 25.1 Å². The van der Waals surface area contributed by atoms with Crippen molar-refractivity contribution in [2.24, 2.45) is 5.92 Å². The van der Waals surface area contributed by atoms with Crippen molar-refractivity contribution >= 4 is 15.9 Å². The molecule has 0 aliphatic carbocycles. The highest BCUT2D eigenvalue weighted by Crippen LogP contribution is 2.36. The monoisotopic (exact) mass is 489 g/mol. The second-order valence-corrected chi connectivity index (χ2v) is 11.3. The van der Waals surface area contributed by atoms with Gasteiger partial charge in [0.25, 0.3) is 5.91 Å². The van der Waals surface area contributed by atoms with Crippen LogP contribution in [0.4, 0.5) is 0 Å². The topological polar surface area (TPSA) is 90.4 Å². The number of likely N-dealkylation sites (N-methyl/N-ethyl adjacent to an activating group) is 1. The fourth-order valence-electron chi connectivity index (χ4n) is 4.07. The molecule has 0 unspecified atom stereocenters. The van der Waals surface area contributed by atoms with E-state index in [1.54, 1.807) is 51.4 Å². The molecule has 1 aliphatic rings. The van der Waals surface area contributed by atoms with Crippen molar-refractivity contribution in [3.63, 3.8) is 0 Å². The van der Waals surface area contributed by atoms with E-state index >= 15 is 0 Å². The maximum absolute atomic E-state index is 13.6. The van der Waals surface area contributed by atoms with E-state index in [-0.39, 0.29) is 41.7 Å². The number of aliphatic hydroxyl groups excluding tert-OH is 1. The van der Waals surface area contributed by atoms with Crippen LogP contribution in [0.2, 0.25) is 0 Å². The summed E-state index contributed by atoms with van der Waals surface area (Å²) in [5.41, 5.74) is 2.09. The minimum atomic E-state index is -3.90. The first-order valence-electron chi connectivity index (χ1n) is 11.4. The van der Waals surface area contributed by atoms with Gasteiger partial charge in [0.1, 0.15) is 16.7 Å². The highest BCUT2D eigenvalue weighted by molar-refractivity contribution is 7.89. The molecule has 186 valence electrons. The summed E-state index contributed by atoms with van der Waals surface area (Å²) >= 11 is 0. The lowest BCUT2D eigenvalue weighted by Gasteiger charge is -2.37. The Morgan fingerprint density at radius 1 is 1.15 bits per heavy atom. The van der Waals surface area contributed by atoms with Gasteiger partial charge in [-0.3, -0.25) is 4.79 Å². The fourth-order valence-corrected chi connectivity index (χ4v) is 5.90. The third-order valence-electron chi connectivity index (χ3n) is 6.06. The molecular formula is C25H35N3O5S. The predicted octanol–water partition coefficient (Wildman–Crippen LogP) is 2.39. The second kappa shape index (κ2) is 10.4. The molecule has 0 fully saturated rings. The largest absolute Gasteiger partial charge is 0.487 e. The number of nitrogens with zero attached hydrogens (tertiary/aromatic N) is 3. The van der Waals surface area contributed by atoms with Crippen LogP contribution in [0.3, 0.4) is 0 Å². The zero-order chi connectivity index (χ0) is 25.2. The number of amides is 1. The van der Waals surface area contributed by atoms with E-state index in [1.165, 1.54) is 9.21 Å². The minimum Gasteiger partial charge on any atom is -0.487 e. The van der Waals surface area contributed by atoms with Crippen LogP contribution in [0.25, 0.3) is 11.1 Å². The molecular weight excluding hydrogens is 454 g/mol. The summed E-state index contributed by atoms with van der Waals surface area (Å²) in [6, 6.07) is 11.7. The molecule has 0 spiro atoms. The second-order valence-electron chi connectivity index (χ2n) is 9.44. The smallest absolute Gasteiger partial charge is 0.253 e. The number of benzene rings is 2. The van der Waals surface area contributed by atoms with E-state index in [1.807, 2.05) is 38.1 Å². The van der Waals surface area contributed by atoms with Gasteiger partial charge in [-0.05, 0) is 56.4 Å². The van der Waals surface area contributed by atoms with Crippen molar-refractivity contribution in [2.45, 2.75) is 30.9 Å². The van der Waals surface area contributed by atoms with E-state index < -0.39 is 16.1 Å². The molecule has 3 rings (SSSR count). The number of sulfonamides is 1. The summed E-state index contributed by atoms with van der Waals surface area (Å²) < 4.78 is 34.9. The minimum absolute atomic E-state index is 0.0766. The lowest BCUT2D eigenvalue weighted by molar-refractivity contribution is 0.0812. The van der Waals surface area contributed by atoms with Gasteiger partial charge in [-0.2, -0.15) is 4.31 Å². The first-order chi connectivity index (χ1) is 15.9. The van der Waals surface area contributed by atoms with E-state index in [4.69, 9.17) is 4.74 Å². The van der Waals surface area contributed by atoms with E-state index in [0.29, 0.717) is 12.1 Å². The van der Waals surface area contributed by atoms with Crippen LogP contribution in [0, 0.1) is 5.92 Å². The molecule has 1 amide bonds. The number of carbonyl (C=O) groups excluding carboxylic acids is 1. The third kappa shape index (κ3) is 5.43. The molecule has 0 aromatic heterocycles. The molecule has 9 heteroatoms. The average molecular weight is 490 g/mol. The van der Waals surface area contributed by atoms with Gasteiger partial charge in [-0.25, -0.2) is 8.42 Å². The van der Waals surface area contributed by atoms with Gasteiger partial charge in [0, 0.05) is 44.7 Å². The highest BCUT2D eigenvalue weighted by atomic mass is 32.2. The number of fused-ring (bicyclic) bond motifs is 1. The molecule has 1 heterocycles. The van der Waals surface area contributed by atoms with Gasteiger partial charge in [0.15, 0.2) is 0 Å². The molecule has 1 N–H and O–H groups in total. The van der Waals surface area contributed by atoms with Gasteiger partial charge in [0.2, 0.25) is 10.0 Å². The Morgan fingerprint density at radius 2 is 1.82 bits per heavy atom. The lowest BCUT2D eigenvalue weighted by atomic mass is 10.0. The van der Waals surface area contributed by atoms with Crippen LogP contribution in [0.1, 0.15) is 24.2 Å². The zero-order valence-electron chi connectivity index (χ0n) is 20.7. The Hall–Kier alpha value is -2.46. The van der Waals surface area contributed by atoms with Crippen molar-refractivity contribution in [3.05, 3.63) is 48.0 Å². The van der Waals surface area contributed by atoms with Crippen molar-refractivity contribution in [1.29, 1.82) is 0 Å². The molecule has 2 aromatic rings. The summed E-state index contributed by atoms with van der Waals surface area (Å²) in [5, 5.41) is 9.75. The van der Waals surface area contributed by atoms with E-state index in [9.17, 15) is 18.3 Å². The third-order valence-corrected chi connectivity index (χ3v) is 8.08. The average Bonchev–Trinajstić information content (AvgIpc) is 2.79. The SMILES string of the molecule is C[C@H]1CN([C@@H](C)CO)S(=O)(=O)c2ccc(-c3cccc(C(=O)N(C)C)c3)cc2O[C@H]1CN(C)C. The molecule has 0 saturated carbocycles. The normalized spacial score (nSPS) is 21.2. The van der Waals surface area contributed by atoms with Crippen molar-refractivity contribution in [2.75, 3.05) is 47.9 Å². The molecule has 2 aromatic carbocycles. The maximum atomic E-state index is 13.6. The van der Waals surface area contributed by atoms with Crippen LogP contribution in [0.15, 0.2) is 47.4 Å². The van der Waals surface area contributed by atoms with Crippen LogP contribution < -0.4 is 4.74 Å². The van der Waals surface area contributed by atoms with Gasteiger partial charge in [0.05, 0.1) is 6.61 Å². The van der Waals surface area contributed by atoms with Crippen molar-refractivity contribution in [3.8, 4) is 16.9 Å². The van der Waals surface area contributed by atoms with Crippen LogP contribution in [-0.4, -0.2) is 93.6 Å². The Kier molecular flexibility index (Phi) is 8.02. The molecule has 0 bridgehead atoms. The van der Waals surface area contributed by atoms with Gasteiger partial charge < -0.3 is 19.6 Å². The number of carbonyl (C=O) groups is 1. The molecule has 3 atom stereocenters. The standard InChI is InChI=1S/C25H35N3O5S/c1-17-14-28(18(2)16-29)34(31,32)24-11-10-20(13-22(24)33-23(17)15-26(3)4)19-8-7-9-21(12-19)25(30)27(5)6/h7-13,17-18,23,29H,14-16H2,1-6H3/t17-,18-,23-/m0/s1. The number of hydrogen-bond donors (Lipinski definition) is 1. The van der Waals surface area contributed by atoms with Gasteiger partial charge in [-0.15, -0.1) is 0 Å². The number of hydrogen-bond acceptors (Lipinski definition) is 6. The summed E-state index contributed by atoms with van der Waals surface area (Å²) in [6.07, 6.45) is -0.255. The summed E-state index contributed by atoms with van der Waals surface area (Å²) in [4.78, 5) is 16.0. The zero-order valence-corrected chi connectivity index (χ0v) is 21.5. The Balaban J connectivity index is 2.14. The van der Waals surface area contributed by atoms with Crippen molar-refractivity contribution in [1.82, 2.24) is 14.1 Å². The lowest BCUT2D eigenvalue weighted by Crippen LogP contribution is -2.49. The Bertz CT molecular complexity index is 1130. The Morgan fingerprint density at radius 3 is 2.44 bits per heavy atom. The summed E-state index contributed by atoms with van der Waals surface area (Å²) in [6.45, 7) is 4.25. The van der Waals surface area contributed by atoms with Crippen LogP contribution in [-0.2, 0) is 10.0 Å². The summed E-state index contributed by atoms with van der Waals surface area (Å²) in [5.74, 6) is 0.0554. The predicted molar refractivity (Wildman–Crippen MR) is 132 cm³/mol. The van der Waals surface area contributed by atoms with Gasteiger partial charge >= 0.3 is 0 Å².